The van der Waals surface area contributed by atoms with Crippen molar-refractivity contribution in [2.45, 2.75) is 17.9 Å². The van der Waals surface area contributed by atoms with Crippen LogP contribution < -0.4 is 14.6 Å². The minimum absolute atomic E-state index is 0.0685. The van der Waals surface area contributed by atoms with Crippen LogP contribution in [-0.2, 0) is 14.8 Å². The zero-order valence-corrected chi connectivity index (χ0v) is 26.1. The summed E-state index contributed by atoms with van der Waals surface area (Å²) in [6.45, 7) is 3.76. The summed E-state index contributed by atoms with van der Waals surface area (Å²) in [6.07, 6.45) is 0. The molecule has 1 saturated heterocycles. The molecule has 1 fully saturated rings. The molecule has 4 aromatic carbocycles. The molecule has 0 aliphatic carbocycles. The van der Waals surface area contributed by atoms with Gasteiger partial charge < -0.3 is 15.1 Å². The van der Waals surface area contributed by atoms with Crippen molar-refractivity contribution in [2.24, 2.45) is 0 Å². The number of benzene rings is 4. The van der Waals surface area contributed by atoms with Gasteiger partial charge in [-0.2, -0.15) is 8.42 Å². The summed E-state index contributed by atoms with van der Waals surface area (Å²) >= 11 is 12.1. The first-order chi connectivity index (χ1) is 21.1. The Morgan fingerprint density at radius 3 is 2.05 bits per heavy atom. The average Bonchev–Trinajstić information content (AvgIpc) is 3.05. The highest BCUT2D eigenvalue weighted by molar-refractivity contribution is 7.92. The van der Waals surface area contributed by atoms with Gasteiger partial charge in [0, 0.05) is 43.5 Å². The fourth-order valence-electron chi connectivity index (χ4n) is 4.71. The monoisotopic (exact) mass is 652 g/mol. The zero-order valence-electron chi connectivity index (χ0n) is 23.8. The smallest absolute Gasteiger partial charge is 0.295 e. The molecular formula is C32H30Cl2N4O5S. The number of nitrogens with zero attached hydrogens (tertiary/aromatic N) is 3. The molecule has 228 valence electrons. The van der Waals surface area contributed by atoms with Crippen molar-refractivity contribution in [1.29, 1.82) is 0 Å². The van der Waals surface area contributed by atoms with E-state index in [0.717, 1.165) is 10.2 Å². The lowest BCUT2D eigenvalue weighted by molar-refractivity contribution is -0.121. The lowest BCUT2D eigenvalue weighted by Crippen LogP contribution is -2.54. The lowest BCUT2D eigenvalue weighted by atomic mass is 10.1. The molecule has 12 heteroatoms. The van der Waals surface area contributed by atoms with E-state index in [0.29, 0.717) is 36.8 Å². The number of nitrogens with one attached hydrogen (secondary N) is 1. The zero-order chi connectivity index (χ0) is 31.3. The molecule has 44 heavy (non-hydrogen) atoms. The molecular weight excluding hydrogens is 623 g/mol. The molecule has 0 radical (unpaired) electrons. The van der Waals surface area contributed by atoms with Crippen LogP contribution in [0.4, 0.5) is 11.4 Å². The number of carbonyl (C=O) groups is 2. The number of rotatable bonds is 9. The van der Waals surface area contributed by atoms with Gasteiger partial charge in [-0.1, -0.05) is 64.1 Å². The van der Waals surface area contributed by atoms with Crippen molar-refractivity contribution < 1.29 is 22.8 Å². The molecule has 1 heterocycles. The van der Waals surface area contributed by atoms with Gasteiger partial charge in [0.1, 0.15) is 0 Å². The fraction of sp³-hybridized carbons (Fsp3) is 0.188. The number of carbonyl (C=O) groups excluding carboxylic acids is 2. The van der Waals surface area contributed by atoms with Crippen LogP contribution >= 0.6 is 23.2 Å². The maximum atomic E-state index is 13.8. The van der Waals surface area contributed by atoms with E-state index in [9.17, 15) is 18.0 Å². The molecule has 1 aliphatic rings. The summed E-state index contributed by atoms with van der Waals surface area (Å²) < 4.78 is 28.3. The number of anilines is 2. The predicted octanol–water partition coefficient (Wildman–Crippen LogP) is 5.97. The minimum Gasteiger partial charge on any atom is -0.364 e. The third kappa shape index (κ3) is 7.16. The van der Waals surface area contributed by atoms with E-state index in [1.165, 1.54) is 42.5 Å². The van der Waals surface area contributed by atoms with E-state index in [1.54, 1.807) is 35.2 Å². The Labute approximate surface area is 266 Å². The van der Waals surface area contributed by atoms with Gasteiger partial charge in [0.2, 0.25) is 5.91 Å². The average molecular weight is 654 g/mol. The number of amides is 2. The maximum Gasteiger partial charge on any atom is 0.295 e. The summed E-state index contributed by atoms with van der Waals surface area (Å²) in [7, 11) is -4.22. The minimum atomic E-state index is -4.22. The fourth-order valence-corrected chi connectivity index (χ4v) is 6.26. The summed E-state index contributed by atoms with van der Waals surface area (Å²) in [4.78, 5) is 35.5. The second kappa shape index (κ2) is 13.7. The third-order valence-corrected chi connectivity index (χ3v) is 9.56. The van der Waals surface area contributed by atoms with Crippen molar-refractivity contribution in [3.8, 4) is 5.75 Å². The Kier molecular flexibility index (Phi) is 9.75. The Morgan fingerprint density at radius 2 is 1.43 bits per heavy atom. The molecule has 1 N–H and O–H groups in total. The van der Waals surface area contributed by atoms with Gasteiger partial charge in [0.05, 0.1) is 26.7 Å². The molecule has 0 spiro atoms. The normalized spacial score (nSPS) is 14.5. The van der Waals surface area contributed by atoms with Crippen LogP contribution in [0.25, 0.3) is 0 Å². The van der Waals surface area contributed by atoms with Gasteiger partial charge in [0.15, 0.2) is 5.75 Å². The van der Waals surface area contributed by atoms with Crippen LogP contribution in [0.3, 0.4) is 0 Å². The van der Waals surface area contributed by atoms with Crippen LogP contribution in [0.2, 0.25) is 10.0 Å². The van der Waals surface area contributed by atoms with E-state index < -0.39 is 10.0 Å². The topological polar surface area (TPSA) is 99.3 Å². The summed E-state index contributed by atoms with van der Waals surface area (Å²) in [5.41, 5.74) is 1.35. The van der Waals surface area contributed by atoms with Gasteiger partial charge in [0.25, 0.3) is 15.9 Å². The molecule has 2 amide bonds. The Hall–Kier alpha value is -4.09. The maximum absolute atomic E-state index is 13.8. The summed E-state index contributed by atoms with van der Waals surface area (Å²) in [5, 5.41) is 3.43. The molecule has 9 nitrogen and oxygen atoms in total. The largest absolute Gasteiger partial charge is 0.364 e. The molecule has 4 aromatic rings. The Balaban J connectivity index is 1.25. The molecule has 5 rings (SSSR count). The first-order valence-electron chi connectivity index (χ1n) is 13.9. The van der Waals surface area contributed by atoms with E-state index in [1.807, 2.05) is 42.2 Å². The van der Waals surface area contributed by atoms with E-state index in [-0.39, 0.29) is 39.2 Å². The lowest BCUT2D eigenvalue weighted by Gasteiger charge is -2.37. The first kappa shape index (κ1) is 31.3. The molecule has 1 unspecified atom stereocenters. The Bertz CT molecular complexity index is 1720. The van der Waals surface area contributed by atoms with Gasteiger partial charge >= 0.3 is 0 Å². The van der Waals surface area contributed by atoms with Crippen molar-refractivity contribution in [2.75, 3.05) is 36.0 Å². The second-order valence-electron chi connectivity index (χ2n) is 10.1. The Morgan fingerprint density at radius 1 is 0.818 bits per heavy atom. The van der Waals surface area contributed by atoms with Crippen LogP contribution in [0, 0.1) is 0 Å². The van der Waals surface area contributed by atoms with Gasteiger partial charge in [-0.05, 0) is 67.6 Å². The van der Waals surface area contributed by atoms with Crippen LogP contribution in [0.5, 0.6) is 5.75 Å². The summed E-state index contributed by atoms with van der Waals surface area (Å²) in [6, 6.07) is 27.4. The number of hydrogen-bond acceptors (Lipinski definition) is 6. The van der Waals surface area contributed by atoms with Crippen molar-refractivity contribution in [1.82, 2.24) is 9.80 Å². The number of piperazine rings is 1. The van der Waals surface area contributed by atoms with Gasteiger partial charge in [-0.3, -0.25) is 14.5 Å². The molecule has 1 atom stereocenters. The van der Waals surface area contributed by atoms with Crippen LogP contribution in [0.1, 0.15) is 17.3 Å². The van der Waals surface area contributed by atoms with E-state index in [4.69, 9.17) is 28.0 Å². The molecule has 1 aliphatic heterocycles. The highest BCUT2D eigenvalue weighted by Gasteiger charge is 2.30. The summed E-state index contributed by atoms with van der Waals surface area (Å²) in [5.74, 6) is -0.160. The molecule has 0 saturated carbocycles. The van der Waals surface area contributed by atoms with E-state index >= 15 is 0 Å². The molecule has 0 bridgehead atoms. The molecule has 0 aromatic heterocycles. The van der Waals surface area contributed by atoms with Crippen molar-refractivity contribution in [3.05, 3.63) is 119 Å². The van der Waals surface area contributed by atoms with E-state index in [2.05, 4.69) is 5.32 Å². The van der Waals surface area contributed by atoms with Gasteiger partial charge in [-0.15, -0.1) is 0 Å². The van der Waals surface area contributed by atoms with Crippen molar-refractivity contribution >= 4 is 56.4 Å². The number of hydrogen-bond donors (Lipinski definition) is 1. The predicted molar refractivity (Wildman–Crippen MR) is 172 cm³/mol. The van der Waals surface area contributed by atoms with Crippen LogP contribution in [0.15, 0.2) is 108 Å². The highest BCUT2D eigenvalue weighted by atomic mass is 35.5. The first-order valence-corrected chi connectivity index (χ1v) is 16.1. The number of para-hydroxylation sites is 2. The number of halogens is 2. The quantitative estimate of drug-likeness (QED) is 0.224. The second-order valence-corrected chi connectivity index (χ2v) is 12.7. The third-order valence-electron chi connectivity index (χ3n) is 7.23. The SMILES string of the molecule is CC(C(=O)Nc1ccccc1)N1CCN(C(=O)c2ccc(S(=O)(=O)N(Oc3ccc(Cl)c(Cl)c3)c3ccccc3)cc2)CC1. The standard InChI is InChI=1S/C32H30Cl2N4O5S/c1-23(31(39)35-25-8-4-2-5-9-25)36-18-20-37(21-19-36)32(40)24-12-15-28(16-13-24)44(41,42)38(26-10-6-3-7-11-26)43-27-14-17-29(33)30(34)22-27/h2-17,22-23H,18-21H2,1H3,(H,35,39). The van der Waals surface area contributed by atoms with Crippen LogP contribution in [-0.4, -0.2) is 62.3 Å². The number of sulfonamides is 1. The highest BCUT2D eigenvalue weighted by Crippen LogP contribution is 2.30. The van der Waals surface area contributed by atoms with Crippen molar-refractivity contribution in [3.63, 3.8) is 0 Å². The van der Waals surface area contributed by atoms with Gasteiger partial charge in [-0.25, -0.2) is 0 Å².